The highest BCUT2D eigenvalue weighted by atomic mass is 35.5. The highest BCUT2D eigenvalue weighted by molar-refractivity contribution is 7.92. The zero-order valence-corrected chi connectivity index (χ0v) is 27.6. The van der Waals surface area contributed by atoms with Crippen LogP contribution in [0.15, 0.2) is 65.6 Å². The van der Waals surface area contributed by atoms with Crippen molar-refractivity contribution < 1.29 is 18.0 Å². The Morgan fingerprint density at radius 1 is 0.905 bits per heavy atom. The number of nitrogens with zero attached hydrogens (tertiary/aromatic N) is 2. The molecule has 0 fully saturated rings. The van der Waals surface area contributed by atoms with Gasteiger partial charge in [-0.25, -0.2) is 8.42 Å². The fraction of sp³-hybridized carbons (Fsp3) is 0.355. The molecule has 11 heteroatoms. The number of rotatable bonds is 10. The standard InChI is InChI=1S/C31H36Cl3N3O4S/c1-7-27(30(39)35-31(4,5)6)36(18-22-11-13-23(32)16-26(22)34)29(38)19-37(28-17-24(33)12-10-21(28)3)42(40,41)25-14-8-20(2)9-15-25/h8-17,27H,7,18-19H2,1-6H3,(H,35,39)/t27-/m0/s1. The second-order valence-electron chi connectivity index (χ2n) is 11.2. The lowest BCUT2D eigenvalue weighted by Gasteiger charge is -2.35. The Kier molecular flexibility index (Phi) is 11.0. The minimum atomic E-state index is -4.22. The minimum absolute atomic E-state index is 0.0186. The quantitative estimate of drug-likeness (QED) is 0.251. The van der Waals surface area contributed by atoms with Crippen LogP contribution in [0.25, 0.3) is 0 Å². The molecule has 1 atom stereocenters. The van der Waals surface area contributed by atoms with Crippen molar-refractivity contribution in [1.29, 1.82) is 0 Å². The summed E-state index contributed by atoms with van der Waals surface area (Å²) in [5, 5.41) is 4.00. The Morgan fingerprint density at radius 3 is 2.07 bits per heavy atom. The van der Waals surface area contributed by atoms with E-state index in [-0.39, 0.29) is 29.5 Å². The molecule has 0 saturated carbocycles. The van der Waals surface area contributed by atoms with E-state index in [1.54, 1.807) is 56.3 Å². The molecule has 0 unspecified atom stereocenters. The van der Waals surface area contributed by atoms with Crippen LogP contribution in [0.2, 0.25) is 15.1 Å². The van der Waals surface area contributed by atoms with Crippen LogP contribution in [0.4, 0.5) is 5.69 Å². The summed E-state index contributed by atoms with van der Waals surface area (Å²) in [6.45, 7) is 10.3. The molecule has 0 aromatic heterocycles. The van der Waals surface area contributed by atoms with E-state index in [0.29, 0.717) is 26.2 Å². The van der Waals surface area contributed by atoms with Crippen molar-refractivity contribution in [2.45, 2.75) is 71.0 Å². The minimum Gasteiger partial charge on any atom is -0.350 e. The molecule has 0 bridgehead atoms. The van der Waals surface area contributed by atoms with Gasteiger partial charge in [-0.2, -0.15) is 0 Å². The van der Waals surface area contributed by atoms with Crippen molar-refractivity contribution >= 4 is 62.3 Å². The van der Waals surface area contributed by atoms with E-state index < -0.39 is 34.1 Å². The molecule has 3 rings (SSSR count). The summed E-state index contributed by atoms with van der Waals surface area (Å²) >= 11 is 18.9. The van der Waals surface area contributed by atoms with Crippen LogP contribution >= 0.6 is 34.8 Å². The lowest BCUT2D eigenvalue weighted by atomic mass is 10.1. The average Bonchev–Trinajstić information content (AvgIpc) is 2.89. The number of anilines is 1. The van der Waals surface area contributed by atoms with Crippen LogP contribution in [-0.4, -0.2) is 43.3 Å². The normalized spacial score (nSPS) is 12.5. The van der Waals surface area contributed by atoms with Crippen molar-refractivity contribution in [3.63, 3.8) is 0 Å². The van der Waals surface area contributed by atoms with E-state index in [0.717, 1.165) is 9.87 Å². The molecule has 226 valence electrons. The number of amides is 2. The predicted octanol–water partition coefficient (Wildman–Crippen LogP) is 7.18. The molecule has 1 N–H and O–H groups in total. The molecule has 0 heterocycles. The van der Waals surface area contributed by atoms with E-state index in [1.807, 2.05) is 27.7 Å². The maximum atomic E-state index is 14.2. The van der Waals surface area contributed by atoms with Gasteiger partial charge in [0.15, 0.2) is 0 Å². The number of aryl methyl sites for hydroxylation is 2. The van der Waals surface area contributed by atoms with Gasteiger partial charge in [0.1, 0.15) is 12.6 Å². The van der Waals surface area contributed by atoms with E-state index in [4.69, 9.17) is 34.8 Å². The summed E-state index contributed by atoms with van der Waals surface area (Å²) in [6, 6.07) is 15.2. The molecular formula is C31H36Cl3N3O4S. The Morgan fingerprint density at radius 2 is 1.50 bits per heavy atom. The van der Waals surface area contributed by atoms with Gasteiger partial charge in [0.05, 0.1) is 10.6 Å². The zero-order valence-electron chi connectivity index (χ0n) is 24.5. The Hall–Kier alpha value is -2.78. The molecule has 0 spiro atoms. The molecule has 0 aliphatic carbocycles. The summed E-state index contributed by atoms with van der Waals surface area (Å²) in [4.78, 5) is 29.1. The summed E-state index contributed by atoms with van der Waals surface area (Å²) in [5.74, 6) is -0.956. The third-order valence-electron chi connectivity index (χ3n) is 6.57. The van der Waals surface area contributed by atoms with Gasteiger partial charge in [-0.15, -0.1) is 0 Å². The number of halogens is 3. The summed E-state index contributed by atoms with van der Waals surface area (Å²) in [6.07, 6.45) is 0.278. The topological polar surface area (TPSA) is 86.8 Å². The third-order valence-corrected chi connectivity index (χ3v) is 9.16. The number of hydrogen-bond acceptors (Lipinski definition) is 4. The molecule has 3 aromatic carbocycles. The van der Waals surface area contributed by atoms with Crippen molar-refractivity contribution in [3.05, 3.63) is 92.4 Å². The molecular weight excluding hydrogens is 617 g/mol. The first-order valence-corrected chi connectivity index (χ1v) is 16.0. The Bertz CT molecular complexity index is 1550. The molecule has 3 aromatic rings. The zero-order chi connectivity index (χ0) is 31.4. The Balaban J connectivity index is 2.14. The van der Waals surface area contributed by atoms with Crippen LogP contribution in [-0.2, 0) is 26.2 Å². The molecule has 0 aliphatic heterocycles. The molecule has 0 radical (unpaired) electrons. The molecule has 2 amide bonds. The largest absolute Gasteiger partial charge is 0.350 e. The highest BCUT2D eigenvalue weighted by Gasteiger charge is 2.35. The van der Waals surface area contributed by atoms with Gasteiger partial charge in [0, 0.05) is 27.2 Å². The molecule has 7 nitrogen and oxygen atoms in total. The van der Waals surface area contributed by atoms with Crippen molar-refractivity contribution in [3.8, 4) is 0 Å². The van der Waals surface area contributed by atoms with Crippen LogP contribution < -0.4 is 9.62 Å². The number of hydrogen-bond donors (Lipinski definition) is 1. The maximum Gasteiger partial charge on any atom is 0.264 e. The number of nitrogens with one attached hydrogen (secondary N) is 1. The number of carbonyl (C=O) groups excluding carboxylic acids is 2. The number of carbonyl (C=O) groups is 2. The van der Waals surface area contributed by atoms with Gasteiger partial charge in [0.2, 0.25) is 11.8 Å². The number of sulfonamides is 1. The van der Waals surface area contributed by atoms with Gasteiger partial charge in [-0.05, 0) is 88.6 Å². The second-order valence-corrected chi connectivity index (χ2v) is 14.3. The van der Waals surface area contributed by atoms with Gasteiger partial charge >= 0.3 is 0 Å². The smallest absolute Gasteiger partial charge is 0.264 e. The SMILES string of the molecule is CC[C@@H](C(=O)NC(C)(C)C)N(Cc1ccc(Cl)cc1Cl)C(=O)CN(c1cc(Cl)ccc1C)S(=O)(=O)c1ccc(C)cc1. The first-order valence-electron chi connectivity index (χ1n) is 13.4. The van der Waals surface area contributed by atoms with Gasteiger partial charge in [0.25, 0.3) is 10.0 Å². The van der Waals surface area contributed by atoms with E-state index in [1.165, 1.54) is 23.1 Å². The fourth-order valence-corrected chi connectivity index (χ4v) is 6.51. The third kappa shape index (κ3) is 8.40. The molecule has 42 heavy (non-hydrogen) atoms. The summed E-state index contributed by atoms with van der Waals surface area (Å²) in [7, 11) is -4.22. The van der Waals surface area contributed by atoms with Crippen LogP contribution in [0.3, 0.4) is 0 Å². The monoisotopic (exact) mass is 651 g/mol. The summed E-state index contributed by atoms with van der Waals surface area (Å²) < 4.78 is 29.2. The first-order chi connectivity index (χ1) is 19.5. The average molecular weight is 653 g/mol. The lowest BCUT2D eigenvalue weighted by Crippen LogP contribution is -2.55. The van der Waals surface area contributed by atoms with Gasteiger partial charge in [-0.3, -0.25) is 13.9 Å². The molecule has 0 saturated heterocycles. The fourth-order valence-electron chi connectivity index (χ4n) is 4.41. The van der Waals surface area contributed by atoms with Crippen LogP contribution in [0.5, 0.6) is 0 Å². The lowest BCUT2D eigenvalue weighted by molar-refractivity contribution is -0.141. The van der Waals surface area contributed by atoms with Gasteiger partial charge in [-0.1, -0.05) is 71.6 Å². The van der Waals surface area contributed by atoms with Crippen molar-refractivity contribution in [2.24, 2.45) is 0 Å². The van der Waals surface area contributed by atoms with E-state index >= 15 is 0 Å². The predicted molar refractivity (Wildman–Crippen MR) is 171 cm³/mol. The van der Waals surface area contributed by atoms with E-state index in [2.05, 4.69) is 5.32 Å². The first kappa shape index (κ1) is 33.7. The maximum absolute atomic E-state index is 14.2. The van der Waals surface area contributed by atoms with Gasteiger partial charge < -0.3 is 10.2 Å². The number of benzene rings is 3. The van der Waals surface area contributed by atoms with Crippen molar-refractivity contribution in [1.82, 2.24) is 10.2 Å². The summed E-state index contributed by atoms with van der Waals surface area (Å²) in [5.41, 5.74) is 1.75. The van der Waals surface area contributed by atoms with Crippen LogP contribution in [0.1, 0.15) is 50.8 Å². The van der Waals surface area contributed by atoms with E-state index in [9.17, 15) is 18.0 Å². The van der Waals surface area contributed by atoms with Crippen LogP contribution in [0, 0.1) is 13.8 Å². The Labute approximate surface area is 263 Å². The highest BCUT2D eigenvalue weighted by Crippen LogP contribution is 2.31. The van der Waals surface area contributed by atoms with Crippen molar-refractivity contribution in [2.75, 3.05) is 10.8 Å². The molecule has 0 aliphatic rings. The second kappa shape index (κ2) is 13.7.